The van der Waals surface area contributed by atoms with Crippen LogP contribution in [0.4, 0.5) is 0 Å². The first-order valence-electron chi connectivity index (χ1n) is 10.7. The summed E-state index contributed by atoms with van der Waals surface area (Å²) in [6.45, 7) is 7.31. The van der Waals surface area contributed by atoms with Crippen LogP contribution in [0.2, 0.25) is 0 Å². The molecule has 0 bridgehead atoms. The number of halogens is 1. The molecule has 2 atom stereocenters. The summed E-state index contributed by atoms with van der Waals surface area (Å²) in [6.07, 6.45) is 4.66. The highest BCUT2D eigenvalue weighted by Gasteiger charge is 2.41. The molecule has 1 aromatic carbocycles. The maximum absolute atomic E-state index is 6.14. The highest BCUT2D eigenvalue weighted by atomic mass is 127. The molecule has 0 amide bonds. The Bertz CT molecular complexity index is 687. The fourth-order valence-corrected chi connectivity index (χ4v) is 5.51. The van der Waals surface area contributed by atoms with Crippen LogP contribution in [-0.4, -0.2) is 92.0 Å². The van der Waals surface area contributed by atoms with Crippen molar-refractivity contribution in [1.82, 2.24) is 15.1 Å². The van der Waals surface area contributed by atoms with Crippen LogP contribution in [0, 0.1) is 0 Å². The van der Waals surface area contributed by atoms with Gasteiger partial charge in [-0.05, 0) is 24.7 Å². The Balaban J connectivity index is 0.00000256. The van der Waals surface area contributed by atoms with Crippen LogP contribution >= 0.6 is 35.7 Å². The number of hydrogen-bond acceptors (Lipinski definition) is 5. The quantitative estimate of drug-likeness (QED) is 0.349. The third kappa shape index (κ3) is 5.62. The van der Waals surface area contributed by atoms with Crippen LogP contribution in [-0.2, 0) is 16.0 Å². The molecule has 0 radical (unpaired) electrons. The molecule has 3 aliphatic heterocycles. The number of fused-ring (bicyclic) bond motifs is 1. The fraction of sp³-hybridized carbons (Fsp3) is 0.682. The molecule has 168 valence electrons. The highest BCUT2D eigenvalue weighted by Crippen LogP contribution is 2.33. The fourth-order valence-electron chi connectivity index (χ4n) is 4.71. The Morgan fingerprint density at radius 1 is 1.20 bits per heavy atom. The van der Waals surface area contributed by atoms with E-state index >= 15 is 0 Å². The second kappa shape index (κ2) is 11.4. The molecule has 0 saturated carbocycles. The first-order valence-corrected chi connectivity index (χ1v) is 11.9. The first kappa shape index (κ1) is 24.1. The van der Waals surface area contributed by atoms with Crippen molar-refractivity contribution in [3.05, 3.63) is 35.9 Å². The van der Waals surface area contributed by atoms with E-state index in [0.29, 0.717) is 6.04 Å². The number of ether oxygens (including phenoxy) is 2. The van der Waals surface area contributed by atoms with Crippen LogP contribution in [0.5, 0.6) is 0 Å². The SMILES string of the molecule is CN=C(NCC1(SC)CCOCC1)N1CC2OCCN(Cc3ccccc3)C2C1.I. The molecule has 3 saturated heterocycles. The Morgan fingerprint density at radius 3 is 2.67 bits per heavy atom. The van der Waals surface area contributed by atoms with Gasteiger partial charge in [0, 0.05) is 57.7 Å². The molecular weight excluding hydrogens is 511 g/mol. The number of likely N-dealkylation sites (tertiary alicyclic amines) is 1. The first-order chi connectivity index (χ1) is 14.2. The Morgan fingerprint density at radius 2 is 1.97 bits per heavy atom. The normalized spacial score (nSPS) is 26.7. The average Bonchev–Trinajstić information content (AvgIpc) is 3.21. The van der Waals surface area contributed by atoms with E-state index in [1.54, 1.807) is 0 Å². The van der Waals surface area contributed by atoms with E-state index in [1.165, 1.54) is 5.56 Å². The molecule has 2 unspecified atom stereocenters. The van der Waals surface area contributed by atoms with Gasteiger partial charge in [-0.2, -0.15) is 11.8 Å². The maximum atomic E-state index is 6.14. The predicted molar refractivity (Wildman–Crippen MR) is 135 cm³/mol. The van der Waals surface area contributed by atoms with Crippen LogP contribution < -0.4 is 5.32 Å². The van der Waals surface area contributed by atoms with Gasteiger partial charge in [-0.1, -0.05) is 30.3 Å². The summed E-state index contributed by atoms with van der Waals surface area (Å²) in [6, 6.07) is 11.2. The number of nitrogens with one attached hydrogen (secondary N) is 1. The minimum absolute atomic E-state index is 0. The van der Waals surface area contributed by atoms with Crippen LogP contribution in [0.3, 0.4) is 0 Å². The predicted octanol–water partition coefficient (Wildman–Crippen LogP) is 2.68. The van der Waals surface area contributed by atoms with Gasteiger partial charge < -0.3 is 19.7 Å². The van der Waals surface area contributed by atoms with Gasteiger partial charge in [0.1, 0.15) is 0 Å². The van der Waals surface area contributed by atoms with Gasteiger partial charge in [-0.25, -0.2) is 0 Å². The molecule has 1 aromatic rings. The van der Waals surface area contributed by atoms with Crippen LogP contribution in [0.25, 0.3) is 0 Å². The summed E-state index contributed by atoms with van der Waals surface area (Å²) in [7, 11) is 1.89. The maximum Gasteiger partial charge on any atom is 0.193 e. The summed E-state index contributed by atoms with van der Waals surface area (Å²) in [5.41, 5.74) is 1.37. The van der Waals surface area contributed by atoms with Gasteiger partial charge in [0.05, 0.1) is 18.8 Å². The monoisotopic (exact) mass is 546 g/mol. The number of rotatable bonds is 5. The van der Waals surface area contributed by atoms with Gasteiger partial charge in [-0.3, -0.25) is 9.89 Å². The van der Waals surface area contributed by atoms with Crippen molar-refractivity contribution in [3.63, 3.8) is 0 Å². The summed E-state index contributed by atoms with van der Waals surface area (Å²) < 4.78 is 12.0. The molecule has 0 aliphatic carbocycles. The second-order valence-electron chi connectivity index (χ2n) is 8.24. The molecule has 30 heavy (non-hydrogen) atoms. The Labute approximate surface area is 202 Å². The van der Waals surface area contributed by atoms with E-state index in [0.717, 1.165) is 71.3 Å². The van der Waals surface area contributed by atoms with Crippen molar-refractivity contribution in [2.45, 2.75) is 36.3 Å². The number of thioether (sulfide) groups is 1. The average molecular weight is 547 g/mol. The van der Waals surface area contributed by atoms with E-state index in [9.17, 15) is 0 Å². The number of aliphatic imine (C=N–C) groups is 1. The zero-order valence-electron chi connectivity index (χ0n) is 18.1. The lowest BCUT2D eigenvalue weighted by molar-refractivity contribution is -0.0502. The number of hydrogen-bond donors (Lipinski definition) is 1. The van der Waals surface area contributed by atoms with Crippen molar-refractivity contribution < 1.29 is 9.47 Å². The zero-order chi connectivity index (χ0) is 20.1. The molecule has 6 nitrogen and oxygen atoms in total. The standard InChI is InChI=1S/C22H34N4O2S.HI/c1-23-21(24-17-22(29-2)8-11-27-12-9-22)26-15-19-20(16-26)28-13-10-25(19)14-18-6-4-3-5-7-18;/h3-7,19-20H,8-17H2,1-2H3,(H,23,24);1H. The number of morpholine rings is 1. The number of guanidine groups is 1. The van der Waals surface area contributed by atoms with E-state index in [1.807, 2.05) is 18.8 Å². The molecular formula is C22H35IN4O2S. The van der Waals surface area contributed by atoms with E-state index in [2.05, 4.69) is 56.7 Å². The van der Waals surface area contributed by atoms with E-state index in [4.69, 9.17) is 9.47 Å². The van der Waals surface area contributed by atoms with E-state index in [-0.39, 0.29) is 34.8 Å². The van der Waals surface area contributed by atoms with Gasteiger partial charge in [0.25, 0.3) is 0 Å². The lowest BCUT2D eigenvalue weighted by Crippen LogP contribution is -2.50. The van der Waals surface area contributed by atoms with Crippen molar-refractivity contribution in [2.75, 3.05) is 59.3 Å². The highest BCUT2D eigenvalue weighted by molar-refractivity contribution is 14.0. The lowest BCUT2D eigenvalue weighted by Gasteiger charge is -2.37. The topological polar surface area (TPSA) is 49.3 Å². The van der Waals surface area contributed by atoms with Gasteiger partial charge in [-0.15, -0.1) is 24.0 Å². The van der Waals surface area contributed by atoms with E-state index < -0.39 is 0 Å². The number of nitrogens with zero attached hydrogens (tertiary/aromatic N) is 3. The van der Waals surface area contributed by atoms with Gasteiger partial charge in [0.15, 0.2) is 5.96 Å². The van der Waals surface area contributed by atoms with Crippen molar-refractivity contribution in [1.29, 1.82) is 0 Å². The summed E-state index contributed by atoms with van der Waals surface area (Å²) in [4.78, 5) is 9.57. The van der Waals surface area contributed by atoms with Crippen LogP contribution in [0.15, 0.2) is 35.3 Å². The molecule has 0 spiro atoms. The molecule has 3 fully saturated rings. The second-order valence-corrected chi connectivity index (χ2v) is 9.51. The van der Waals surface area contributed by atoms with Gasteiger partial charge >= 0.3 is 0 Å². The zero-order valence-corrected chi connectivity index (χ0v) is 21.2. The number of benzene rings is 1. The largest absolute Gasteiger partial charge is 0.381 e. The minimum Gasteiger partial charge on any atom is -0.381 e. The molecule has 4 rings (SSSR count). The van der Waals surface area contributed by atoms with Crippen molar-refractivity contribution in [2.24, 2.45) is 4.99 Å². The van der Waals surface area contributed by atoms with Crippen molar-refractivity contribution in [3.8, 4) is 0 Å². The van der Waals surface area contributed by atoms with Gasteiger partial charge in [0.2, 0.25) is 0 Å². The third-order valence-electron chi connectivity index (χ3n) is 6.56. The van der Waals surface area contributed by atoms with Crippen LogP contribution in [0.1, 0.15) is 18.4 Å². The summed E-state index contributed by atoms with van der Waals surface area (Å²) >= 11 is 1.96. The third-order valence-corrected chi connectivity index (χ3v) is 7.98. The molecule has 1 N–H and O–H groups in total. The molecule has 0 aromatic heterocycles. The van der Waals surface area contributed by atoms with Crippen molar-refractivity contribution >= 4 is 41.7 Å². The molecule has 3 aliphatic rings. The summed E-state index contributed by atoms with van der Waals surface area (Å²) in [5, 5.41) is 3.67. The minimum atomic E-state index is 0. The molecule has 8 heteroatoms. The Kier molecular flexibility index (Phi) is 9.12. The molecule has 3 heterocycles. The summed E-state index contributed by atoms with van der Waals surface area (Å²) in [5.74, 6) is 1.00. The Hall–Kier alpha value is -0.550. The smallest absolute Gasteiger partial charge is 0.193 e. The lowest BCUT2D eigenvalue weighted by atomic mass is 9.99.